The lowest BCUT2D eigenvalue weighted by atomic mass is 10.1. The first-order chi connectivity index (χ1) is 11.8. The zero-order valence-electron chi connectivity index (χ0n) is 13.1. The SMILES string of the molecule is C=CCSCC(=O)N[C@@H](c1cccnc1)c1cc2ccccc2o1. The van der Waals surface area contributed by atoms with Crippen molar-refractivity contribution in [1.29, 1.82) is 0 Å². The highest BCUT2D eigenvalue weighted by Crippen LogP contribution is 2.28. The summed E-state index contributed by atoms with van der Waals surface area (Å²) in [4.78, 5) is 16.4. The second-order valence-electron chi connectivity index (χ2n) is 5.28. The highest BCUT2D eigenvalue weighted by atomic mass is 32.2. The third-order valence-corrected chi connectivity index (χ3v) is 4.46. The number of furan rings is 1. The summed E-state index contributed by atoms with van der Waals surface area (Å²) in [6.45, 7) is 3.66. The molecule has 0 radical (unpaired) electrons. The third kappa shape index (κ3) is 3.86. The van der Waals surface area contributed by atoms with E-state index in [1.54, 1.807) is 18.5 Å². The van der Waals surface area contributed by atoms with Crippen LogP contribution in [0.2, 0.25) is 0 Å². The number of nitrogens with one attached hydrogen (secondary N) is 1. The predicted molar refractivity (Wildman–Crippen MR) is 98.0 cm³/mol. The molecule has 0 aliphatic carbocycles. The maximum absolute atomic E-state index is 12.3. The molecule has 1 amide bonds. The first kappa shape index (κ1) is 16.3. The molecule has 1 N–H and O–H groups in total. The predicted octanol–water partition coefficient (Wildman–Crippen LogP) is 3.95. The molecule has 4 nitrogen and oxygen atoms in total. The molecule has 1 aromatic carbocycles. The van der Waals surface area contributed by atoms with Gasteiger partial charge in [-0.25, -0.2) is 0 Å². The second kappa shape index (κ2) is 7.84. The van der Waals surface area contributed by atoms with Crippen molar-refractivity contribution in [3.8, 4) is 0 Å². The van der Waals surface area contributed by atoms with Crippen molar-refractivity contribution in [1.82, 2.24) is 10.3 Å². The molecule has 0 spiro atoms. The zero-order chi connectivity index (χ0) is 16.8. The summed E-state index contributed by atoms with van der Waals surface area (Å²) in [6, 6.07) is 13.2. The van der Waals surface area contributed by atoms with E-state index in [2.05, 4.69) is 16.9 Å². The van der Waals surface area contributed by atoms with E-state index in [1.165, 1.54) is 11.8 Å². The molecule has 3 aromatic rings. The lowest BCUT2D eigenvalue weighted by Crippen LogP contribution is -2.30. The van der Waals surface area contributed by atoms with Crippen LogP contribution in [0.1, 0.15) is 17.4 Å². The number of pyridine rings is 1. The molecule has 122 valence electrons. The van der Waals surface area contributed by atoms with E-state index in [-0.39, 0.29) is 11.9 Å². The average Bonchev–Trinajstić information content (AvgIpc) is 3.04. The van der Waals surface area contributed by atoms with Crippen molar-refractivity contribution < 1.29 is 9.21 Å². The van der Waals surface area contributed by atoms with E-state index in [1.807, 2.05) is 42.5 Å². The van der Waals surface area contributed by atoms with Crippen LogP contribution in [0.15, 0.2) is 71.9 Å². The molecule has 0 aliphatic heterocycles. The Labute approximate surface area is 145 Å². The summed E-state index contributed by atoms with van der Waals surface area (Å²) < 4.78 is 5.95. The van der Waals surface area contributed by atoms with Gasteiger partial charge in [0.1, 0.15) is 17.4 Å². The van der Waals surface area contributed by atoms with E-state index < -0.39 is 0 Å². The van der Waals surface area contributed by atoms with Crippen LogP contribution in [0.3, 0.4) is 0 Å². The molecular formula is C19H18N2O2S. The lowest BCUT2D eigenvalue weighted by Gasteiger charge is -2.16. The smallest absolute Gasteiger partial charge is 0.230 e. The fraction of sp³-hybridized carbons (Fsp3) is 0.158. The molecule has 0 unspecified atom stereocenters. The van der Waals surface area contributed by atoms with Crippen LogP contribution in [0.4, 0.5) is 0 Å². The molecule has 0 aliphatic rings. The van der Waals surface area contributed by atoms with Crippen LogP contribution in [0.25, 0.3) is 11.0 Å². The summed E-state index contributed by atoms with van der Waals surface area (Å²) in [7, 11) is 0. The monoisotopic (exact) mass is 338 g/mol. The van der Waals surface area contributed by atoms with Gasteiger partial charge in [0, 0.05) is 29.1 Å². The standard InChI is InChI=1S/C19H18N2O2S/c1-2-10-24-13-18(22)21-19(15-7-5-9-20-12-15)17-11-14-6-3-4-8-16(14)23-17/h2-9,11-12,19H,1,10,13H2,(H,21,22)/t19-/m0/s1. The van der Waals surface area contributed by atoms with Gasteiger partial charge in [-0.3, -0.25) is 9.78 Å². The van der Waals surface area contributed by atoms with E-state index in [0.29, 0.717) is 11.5 Å². The van der Waals surface area contributed by atoms with Crippen molar-refractivity contribution in [3.63, 3.8) is 0 Å². The molecule has 0 saturated carbocycles. The Bertz CT molecular complexity index is 797. The quantitative estimate of drug-likeness (QED) is 0.523. The number of hydrogen-bond acceptors (Lipinski definition) is 4. The van der Waals surface area contributed by atoms with Crippen molar-refractivity contribution in [2.75, 3.05) is 11.5 Å². The van der Waals surface area contributed by atoms with Gasteiger partial charge >= 0.3 is 0 Å². The molecule has 5 heteroatoms. The first-order valence-corrected chi connectivity index (χ1v) is 8.80. The molecule has 0 fully saturated rings. The third-order valence-electron chi connectivity index (χ3n) is 3.52. The van der Waals surface area contributed by atoms with Crippen molar-refractivity contribution in [2.24, 2.45) is 0 Å². The Kier molecular flexibility index (Phi) is 5.33. The number of para-hydroxylation sites is 1. The summed E-state index contributed by atoms with van der Waals surface area (Å²) in [5, 5.41) is 4.05. The normalized spacial score (nSPS) is 12.0. The van der Waals surface area contributed by atoms with Crippen LogP contribution >= 0.6 is 11.8 Å². The highest BCUT2D eigenvalue weighted by Gasteiger charge is 2.21. The number of nitrogens with zero attached hydrogens (tertiary/aromatic N) is 1. The number of aromatic nitrogens is 1. The molecule has 3 rings (SSSR count). The maximum atomic E-state index is 12.3. The van der Waals surface area contributed by atoms with E-state index in [4.69, 9.17) is 4.42 Å². The van der Waals surface area contributed by atoms with E-state index in [0.717, 1.165) is 22.3 Å². The molecule has 24 heavy (non-hydrogen) atoms. The minimum Gasteiger partial charge on any atom is -0.459 e. The summed E-state index contributed by atoms with van der Waals surface area (Å²) in [5.74, 6) is 1.78. The van der Waals surface area contributed by atoms with Crippen LogP contribution < -0.4 is 5.32 Å². The van der Waals surface area contributed by atoms with Gasteiger partial charge < -0.3 is 9.73 Å². The molecule has 1 atom stereocenters. The van der Waals surface area contributed by atoms with Gasteiger partial charge in [-0.15, -0.1) is 18.3 Å². The first-order valence-electron chi connectivity index (χ1n) is 7.64. The minimum atomic E-state index is -0.358. The van der Waals surface area contributed by atoms with Gasteiger partial charge in [0.05, 0.1) is 5.75 Å². The van der Waals surface area contributed by atoms with Crippen molar-refractivity contribution in [2.45, 2.75) is 6.04 Å². The Morgan fingerprint density at radius 2 is 2.21 bits per heavy atom. The van der Waals surface area contributed by atoms with Crippen molar-refractivity contribution in [3.05, 3.63) is 78.8 Å². The number of hydrogen-bond donors (Lipinski definition) is 1. The van der Waals surface area contributed by atoms with Crippen LogP contribution in [0.5, 0.6) is 0 Å². The highest BCUT2D eigenvalue weighted by molar-refractivity contribution is 8.00. The average molecular weight is 338 g/mol. The van der Waals surface area contributed by atoms with Crippen LogP contribution in [0, 0.1) is 0 Å². The fourth-order valence-electron chi connectivity index (χ4n) is 2.45. The van der Waals surface area contributed by atoms with Gasteiger partial charge in [0.15, 0.2) is 0 Å². The number of carbonyl (C=O) groups excluding carboxylic acids is 1. The Morgan fingerprint density at radius 1 is 1.33 bits per heavy atom. The zero-order valence-corrected chi connectivity index (χ0v) is 14.0. The van der Waals surface area contributed by atoms with Crippen LogP contribution in [-0.2, 0) is 4.79 Å². The van der Waals surface area contributed by atoms with E-state index in [9.17, 15) is 4.79 Å². The number of thioether (sulfide) groups is 1. The Balaban J connectivity index is 1.87. The Hall–Kier alpha value is -2.53. The minimum absolute atomic E-state index is 0.0452. The number of carbonyl (C=O) groups is 1. The number of amides is 1. The topological polar surface area (TPSA) is 55.1 Å². The molecule has 2 heterocycles. The van der Waals surface area contributed by atoms with Crippen LogP contribution in [-0.4, -0.2) is 22.4 Å². The van der Waals surface area contributed by atoms with Crippen molar-refractivity contribution >= 4 is 28.6 Å². The number of rotatable bonds is 7. The second-order valence-corrected chi connectivity index (χ2v) is 6.31. The molecular weight excluding hydrogens is 320 g/mol. The fourth-order valence-corrected chi connectivity index (χ4v) is 3.00. The van der Waals surface area contributed by atoms with E-state index >= 15 is 0 Å². The van der Waals surface area contributed by atoms with Gasteiger partial charge in [-0.05, 0) is 18.2 Å². The summed E-state index contributed by atoms with van der Waals surface area (Å²) in [5.41, 5.74) is 1.69. The largest absolute Gasteiger partial charge is 0.459 e. The maximum Gasteiger partial charge on any atom is 0.230 e. The van der Waals surface area contributed by atoms with Gasteiger partial charge in [0.25, 0.3) is 0 Å². The van der Waals surface area contributed by atoms with Gasteiger partial charge in [-0.2, -0.15) is 0 Å². The Morgan fingerprint density at radius 3 is 2.96 bits per heavy atom. The molecule has 2 aromatic heterocycles. The summed E-state index contributed by atoms with van der Waals surface area (Å²) >= 11 is 1.52. The number of fused-ring (bicyclic) bond motifs is 1. The summed E-state index contributed by atoms with van der Waals surface area (Å²) in [6.07, 6.45) is 5.24. The molecule has 0 saturated heterocycles. The molecule has 0 bridgehead atoms. The van der Waals surface area contributed by atoms with Gasteiger partial charge in [0.2, 0.25) is 5.91 Å². The van der Waals surface area contributed by atoms with Gasteiger partial charge in [-0.1, -0.05) is 30.3 Å². The lowest BCUT2D eigenvalue weighted by molar-refractivity contribution is -0.119. The number of benzene rings is 1.